The zero-order valence-corrected chi connectivity index (χ0v) is 13.8. The second-order valence-electron chi connectivity index (χ2n) is 5.63. The van der Waals surface area contributed by atoms with Crippen molar-refractivity contribution in [1.29, 1.82) is 0 Å². The molecule has 0 radical (unpaired) electrons. The van der Waals surface area contributed by atoms with Crippen LogP contribution in [-0.2, 0) is 19.1 Å². The first-order valence-corrected chi connectivity index (χ1v) is 7.36. The van der Waals surface area contributed by atoms with E-state index in [0.29, 0.717) is 5.69 Å². The molecule has 0 bridgehead atoms. The lowest BCUT2D eigenvalue weighted by atomic mass is 10.1. The summed E-state index contributed by atoms with van der Waals surface area (Å²) >= 11 is 0. The molecule has 8 heteroatoms. The Balaban J connectivity index is 1.81. The Hall–Kier alpha value is -2.90. The number of anilines is 1. The Morgan fingerprint density at radius 2 is 1.92 bits per heavy atom. The molecule has 1 heterocycles. The SMILES string of the molecule is Cc1ccc(NC(=O)COC(=O)CN2C(=O)CN(C)C2=O)cc1C. The van der Waals surface area contributed by atoms with Gasteiger partial charge in [-0.1, -0.05) is 6.07 Å². The molecule has 0 spiro atoms. The fourth-order valence-corrected chi connectivity index (χ4v) is 2.16. The van der Waals surface area contributed by atoms with E-state index in [9.17, 15) is 19.2 Å². The van der Waals surface area contributed by atoms with Gasteiger partial charge in [0.25, 0.3) is 11.8 Å². The predicted molar refractivity (Wildman–Crippen MR) is 85.2 cm³/mol. The number of carbonyl (C=O) groups is 4. The third kappa shape index (κ3) is 4.09. The molecule has 4 amide bonds. The van der Waals surface area contributed by atoms with Gasteiger partial charge in [0.1, 0.15) is 13.1 Å². The van der Waals surface area contributed by atoms with E-state index in [2.05, 4.69) is 5.32 Å². The number of esters is 1. The zero-order valence-electron chi connectivity index (χ0n) is 13.8. The minimum absolute atomic E-state index is 0.0701. The highest BCUT2D eigenvalue weighted by Crippen LogP contribution is 2.14. The monoisotopic (exact) mass is 333 g/mol. The number of rotatable bonds is 5. The van der Waals surface area contributed by atoms with Crippen LogP contribution in [0.3, 0.4) is 0 Å². The van der Waals surface area contributed by atoms with Gasteiger partial charge in [-0.05, 0) is 37.1 Å². The van der Waals surface area contributed by atoms with E-state index in [1.54, 1.807) is 6.07 Å². The molecule has 1 aromatic carbocycles. The number of imide groups is 1. The molecule has 0 unspecified atom stereocenters. The van der Waals surface area contributed by atoms with Gasteiger partial charge in [0.15, 0.2) is 6.61 Å². The van der Waals surface area contributed by atoms with Crippen LogP contribution < -0.4 is 5.32 Å². The van der Waals surface area contributed by atoms with Gasteiger partial charge in [-0.2, -0.15) is 0 Å². The summed E-state index contributed by atoms with van der Waals surface area (Å²) in [6.45, 7) is 2.82. The van der Waals surface area contributed by atoms with Gasteiger partial charge < -0.3 is 15.0 Å². The normalized spacial score (nSPS) is 14.1. The minimum atomic E-state index is -0.817. The average Bonchev–Trinajstić information content (AvgIpc) is 2.75. The van der Waals surface area contributed by atoms with Crippen LogP contribution in [0.4, 0.5) is 10.5 Å². The van der Waals surface area contributed by atoms with Gasteiger partial charge in [0.2, 0.25) is 0 Å². The Morgan fingerprint density at radius 1 is 1.21 bits per heavy atom. The number of ether oxygens (including phenoxy) is 1. The van der Waals surface area contributed by atoms with Crippen molar-refractivity contribution in [1.82, 2.24) is 9.80 Å². The first-order valence-electron chi connectivity index (χ1n) is 7.36. The maximum absolute atomic E-state index is 11.8. The quantitative estimate of drug-likeness (QED) is 0.631. The van der Waals surface area contributed by atoms with Crippen molar-refractivity contribution in [2.45, 2.75) is 13.8 Å². The van der Waals surface area contributed by atoms with Crippen molar-refractivity contribution < 1.29 is 23.9 Å². The second-order valence-corrected chi connectivity index (χ2v) is 5.63. The van der Waals surface area contributed by atoms with Crippen molar-refractivity contribution in [3.05, 3.63) is 29.3 Å². The summed E-state index contributed by atoms with van der Waals surface area (Å²) in [5.41, 5.74) is 2.73. The third-order valence-electron chi connectivity index (χ3n) is 3.67. The number of hydrogen-bond donors (Lipinski definition) is 1. The van der Waals surface area contributed by atoms with Crippen molar-refractivity contribution >= 4 is 29.5 Å². The highest BCUT2D eigenvalue weighted by atomic mass is 16.5. The maximum Gasteiger partial charge on any atom is 0.327 e. The van der Waals surface area contributed by atoms with E-state index < -0.39 is 37.0 Å². The number of urea groups is 1. The summed E-state index contributed by atoms with van der Waals surface area (Å²) in [7, 11) is 1.46. The van der Waals surface area contributed by atoms with Crippen LogP contribution in [0.2, 0.25) is 0 Å². The van der Waals surface area contributed by atoms with Gasteiger partial charge in [-0.25, -0.2) is 4.79 Å². The number of hydrogen-bond acceptors (Lipinski definition) is 5. The van der Waals surface area contributed by atoms with E-state index in [4.69, 9.17) is 4.74 Å². The molecule has 1 aliphatic rings. The van der Waals surface area contributed by atoms with E-state index in [1.165, 1.54) is 11.9 Å². The molecular formula is C16H19N3O5. The van der Waals surface area contributed by atoms with Gasteiger partial charge in [0, 0.05) is 12.7 Å². The number of benzene rings is 1. The molecule has 2 rings (SSSR count). The Labute approximate surface area is 139 Å². The van der Waals surface area contributed by atoms with Crippen molar-refractivity contribution in [2.24, 2.45) is 0 Å². The molecule has 8 nitrogen and oxygen atoms in total. The van der Waals surface area contributed by atoms with E-state index in [0.717, 1.165) is 16.0 Å². The topological polar surface area (TPSA) is 96.0 Å². The molecule has 0 aromatic heterocycles. The Morgan fingerprint density at radius 3 is 2.50 bits per heavy atom. The highest BCUT2D eigenvalue weighted by Gasteiger charge is 2.35. The lowest BCUT2D eigenvalue weighted by Crippen LogP contribution is -2.37. The van der Waals surface area contributed by atoms with E-state index in [-0.39, 0.29) is 6.54 Å². The van der Waals surface area contributed by atoms with E-state index in [1.807, 2.05) is 26.0 Å². The largest absolute Gasteiger partial charge is 0.454 e. The summed E-state index contributed by atoms with van der Waals surface area (Å²) in [6.07, 6.45) is 0. The van der Waals surface area contributed by atoms with Crippen LogP contribution in [0, 0.1) is 13.8 Å². The first kappa shape index (κ1) is 17.5. The first-order chi connectivity index (χ1) is 11.3. The van der Waals surface area contributed by atoms with Crippen molar-refractivity contribution in [3.63, 3.8) is 0 Å². The summed E-state index contributed by atoms with van der Waals surface area (Å²) in [5, 5.41) is 2.61. The van der Waals surface area contributed by atoms with Gasteiger partial charge in [-0.3, -0.25) is 19.3 Å². The molecular weight excluding hydrogens is 314 g/mol. The highest BCUT2D eigenvalue weighted by molar-refractivity contribution is 6.04. The molecule has 0 saturated carbocycles. The zero-order chi connectivity index (χ0) is 17.9. The summed E-state index contributed by atoms with van der Waals surface area (Å²) in [6, 6.07) is 4.88. The third-order valence-corrected chi connectivity index (χ3v) is 3.67. The standard InChI is InChI=1S/C16H19N3O5/c1-10-4-5-12(6-11(10)2)17-13(20)9-24-15(22)8-19-14(21)7-18(3)16(19)23/h4-6H,7-9H2,1-3H3,(H,17,20). The van der Waals surface area contributed by atoms with Crippen LogP contribution in [0.15, 0.2) is 18.2 Å². The van der Waals surface area contributed by atoms with Crippen LogP contribution in [0.1, 0.15) is 11.1 Å². The summed E-state index contributed by atoms with van der Waals surface area (Å²) in [4.78, 5) is 48.6. The lowest BCUT2D eigenvalue weighted by Gasteiger charge is -2.13. The number of carbonyl (C=O) groups excluding carboxylic acids is 4. The molecule has 1 saturated heterocycles. The van der Waals surface area contributed by atoms with Crippen LogP contribution in [0.25, 0.3) is 0 Å². The number of nitrogens with one attached hydrogen (secondary N) is 1. The minimum Gasteiger partial charge on any atom is -0.454 e. The number of nitrogens with zero attached hydrogens (tertiary/aromatic N) is 2. The number of aryl methyl sites for hydroxylation is 2. The van der Waals surface area contributed by atoms with Gasteiger partial charge in [-0.15, -0.1) is 0 Å². The smallest absolute Gasteiger partial charge is 0.327 e. The molecule has 1 N–H and O–H groups in total. The molecule has 0 aliphatic carbocycles. The van der Waals surface area contributed by atoms with E-state index >= 15 is 0 Å². The molecule has 1 fully saturated rings. The van der Waals surface area contributed by atoms with Crippen molar-refractivity contribution in [2.75, 3.05) is 32.1 Å². The summed E-state index contributed by atoms with van der Waals surface area (Å²) in [5.74, 6) is -1.79. The van der Waals surface area contributed by atoms with Gasteiger partial charge >= 0.3 is 12.0 Å². The van der Waals surface area contributed by atoms with Crippen LogP contribution in [-0.4, -0.2) is 60.4 Å². The second kappa shape index (κ2) is 7.12. The predicted octanol–water partition coefficient (Wildman–Crippen LogP) is 0.679. The number of likely N-dealkylation sites (N-methyl/N-ethyl adjacent to an activating group) is 1. The number of amides is 4. The Kier molecular flexibility index (Phi) is 5.18. The van der Waals surface area contributed by atoms with Crippen molar-refractivity contribution in [3.8, 4) is 0 Å². The Bertz CT molecular complexity index is 701. The molecule has 128 valence electrons. The van der Waals surface area contributed by atoms with Crippen LogP contribution >= 0.6 is 0 Å². The molecule has 24 heavy (non-hydrogen) atoms. The molecule has 1 aromatic rings. The lowest BCUT2D eigenvalue weighted by molar-refractivity contribution is -0.149. The van der Waals surface area contributed by atoms with Crippen LogP contribution in [0.5, 0.6) is 0 Å². The maximum atomic E-state index is 11.8. The fraction of sp³-hybridized carbons (Fsp3) is 0.375. The van der Waals surface area contributed by atoms with Gasteiger partial charge in [0.05, 0.1) is 0 Å². The average molecular weight is 333 g/mol. The molecule has 0 atom stereocenters. The fourth-order valence-electron chi connectivity index (χ4n) is 2.16. The molecule has 1 aliphatic heterocycles. The summed E-state index contributed by atoms with van der Waals surface area (Å²) < 4.78 is 4.81.